The van der Waals surface area contributed by atoms with Gasteiger partial charge in [0.25, 0.3) is 0 Å². The molecule has 0 spiro atoms. The standard InChI is InChI=1S/C12H16N2O/c1-9(2)14-11-7-5-4-6-10(11)13-12(14)8-15-3/h4-7,9H,8H2,1-3H3. The first-order valence-corrected chi connectivity index (χ1v) is 5.19. The second kappa shape index (κ2) is 4.03. The summed E-state index contributed by atoms with van der Waals surface area (Å²) in [6.45, 7) is 4.88. The summed E-state index contributed by atoms with van der Waals surface area (Å²) in [6.07, 6.45) is 0. The van der Waals surface area contributed by atoms with Crippen LogP contribution >= 0.6 is 0 Å². The number of methoxy groups -OCH3 is 1. The number of imidazole rings is 1. The van der Waals surface area contributed by atoms with Gasteiger partial charge in [-0.3, -0.25) is 0 Å². The summed E-state index contributed by atoms with van der Waals surface area (Å²) in [5, 5.41) is 0. The Bertz CT molecular complexity index is 460. The van der Waals surface area contributed by atoms with Crippen LogP contribution in [0.25, 0.3) is 11.0 Å². The largest absolute Gasteiger partial charge is 0.377 e. The molecule has 0 aliphatic heterocycles. The zero-order valence-electron chi connectivity index (χ0n) is 9.40. The lowest BCUT2D eigenvalue weighted by molar-refractivity contribution is 0.173. The van der Waals surface area contributed by atoms with Gasteiger partial charge in [0, 0.05) is 13.2 Å². The van der Waals surface area contributed by atoms with Gasteiger partial charge in [0.05, 0.1) is 11.0 Å². The predicted octanol–water partition coefficient (Wildman–Crippen LogP) is 2.76. The molecule has 3 heteroatoms. The van der Waals surface area contributed by atoms with E-state index in [-0.39, 0.29) is 0 Å². The fourth-order valence-corrected chi connectivity index (χ4v) is 1.90. The van der Waals surface area contributed by atoms with E-state index in [0.717, 1.165) is 11.3 Å². The van der Waals surface area contributed by atoms with Gasteiger partial charge in [-0.1, -0.05) is 12.1 Å². The minimum atomic E-state index is 0.405. The molecule has 0 radical (unpaired) electrons. The summed E-state index contributed by atoms with van der Waals surface area (Å²) in [7, 11) is 1.70. The molecule has 0 amide bonds. The van der Waals surface area contributed by atoms with Gasteiger partial charge in [0.15, 0.2) is 0 Å². The summed E-state index contributed by atoms with van der Waals surface area (Å²) in [5.74, 6) is 0.994. The lowest BCUT2D eigenvalue weighted by Crippen LogP contribution is -2.06. The normalized spacial score (nSPS) is 11.5. The maximum atomic E-state index is 5.16. The van der Waals surface area contributed by atoms with E-state index in [4.69, 9.17) is 4.74 Å². The second-order valence-corrected chi connectivity index (χ2v) is 3.91. The Kier molecular flexibility index (Phi) is 2.73. The lowest BCUT2D eigenvalue weighted by Gasteiger charge is -2.12. The molecule has 0 atom stereocenters. The van der Waals surface area contributed by atoms with Crippen LogP contribution in [-0.4, -0.2) is 16.7 Å². The quantitative estimate of drug-likeness (QED) is 0.768. The molecule has 0 bridgehead atoms. The molecule has 0 unspecified atom stereocenters. The van der Waals surface area contributed by atoms with Gasteiger partial charge in [-0.15, -0.1) is 0 Å². The Morgan fingerprint density at radius 3 is 2.73 bits per heavy atom. The van der Waals surface area contributed by atoms with Gasteiger partial charge >= 0.3 is 0 Å². The van der Waals surface area contributed by atoms with E-state index >= 15 is 0 Å². The number of hydrogen-bond acceptors (Lipinski definition) is 2. The molecule has 0 saturated heterocycles. The van der Waals surface area contributed by atoms with Crippen molar-refractivity contribution in [2.45, 2.75) is 26.5 Å². The highest BCUT2D eigenvalue weighted by Crippen LogP contribution is 2.20. The third-order valence-corrected chi connectivity index (χ3v) is 2.46. The molecule has 1 aromatic heterocycles. The highest BCUT2D eigenvalue weighted by Gasteiger charge is 2.11. The van der Waals surface area contributed by atoms with Crippen molar-refractivity contribution >= 4 is 11.0 Å². The van der Waals surface area contributed by atoms with Gasteiger partial charge in [-0.05, 0) is 26.0 Å². The third kappa shape index (κ3) is 1.75. The van der Waals surface area contributed by atoms with Crippen LogP contribution in [0.15, 0.2) is 24.3 Å². The average Bonchev–Trinajstić information content (AvgIpc) is 2.56. The van der Waals surface area contributed by atoms with Gasteiger partial charge < -0.3 is 9.30 Å². The molecule has 2 aromatic rings. The molecule has 1 heterocycles. The monoisotopic (exact) mass is 204 g/mol. The van der Waals surface area contributed by atoms with Crippen molar-refractivity contribution in [3.05, 3.63) is 30.1 Å². The van der Waals surface area contributed by atoms with Crippen LogP contribution in [0.2, 0.25) is 0 Å². The number of benzene rings is 1. The SMILES string of the molecule is COCc1nc2ccccc2n1C(C)C. The van der Waals surface area contributed by atoms with Crippen LogP contribution in [0.5, 0.6) is 0 Å². The minimum absolute atomic E-state index is 0.405. The Morgan fingerprint density at radius 2 is 2.07 bits per heavy atom. The molecular weight excluding hydrogens is 188 g/mol. The Labute approximate surface area is 89.7 Å². The average molecular weight is 204 g/mol. The topological polar surface area (TPSA) is 27.1 Å². The summed E-state index contributed by atoms with van der Waals surface area (Å²) in [6, 6.07) is 8.59. The fourth-order valence-electron chi connectivity index (χ4n) is 1.90. The van der Waals surface area contributed by atoms with Crippen LogP contribution in [-0.2, 0) is 11.3 Å². The Balaban J connectivity index is 2.63. The summed E-state index contributed by atoms with van der Waals surface area (Å²) < 4.78 is 7.39. The second-order valence-electron chi connectivity index (χ2n) is 3.91. The van der Waals surface area contributed by atoms with E-state index in [9.17, 15) is 0 Å². The molecule has 0 aliphatic rings. The molecule has 2 rings (SSSR count). The zero-order chi connectivity index (χ0) is 10.8. The van der Waals surface area contributed by atoms with Crippen LogP contribution in [0, 0.1) is 0 Å². The van der Waals surface area contributed by atoms with E-state index < -0.39 is 0 Å². The summed E-state index contributed by atoms with van der Waals surface area (Å²) in [5.41, 5.74) is 2.22. The van der Waals surface area contributed by atoms with Gasteiger partial charge in [-0.25, -0.2) is 4.98 Å². The number of aromatic nitrogens is 2. The Morgan fingerprint density at radius 1 is 1.33 bits per heavy atom. The summed E-state index contributed by atoms with van der Waals surface area (Å²) >= 11 is 0. The molecule has 1 aromatic carbocycles. The van der Waals surface area contributed by atoms with Crippen molar-refractivity contribution in [2.75, 3.05) is 7.11 Å². The molecule has 80 valence electrons. The van der Waals surface area contributed by atoms with Crippen LogP contribution in [0.4, 0.5) is 0 Å². The summed E-state index contributed by atoms with van der Waals surface area (Å²) in [4.78, 5) is 4.56. The number of ether oxygens (including phenoxy) is 1. The van der Waals surface area contributed by atoms with Crippen LogP contribution in [0.3, 0.4) is 0 Å². The number of rotatable bonds is 3. The highest BCUT2D eigenvalue weighted by atomic mass is 16.5. The van der Waals surface area contributed by atoms with Crippen LogP contribution in [0.1, 0.15) is 25.7 Å². The van der Waals surface area contributed by atoms with E-state index in [1.165, 1.54) is 5.52 Å². The predicted molar refractivity (Wildman–Crippen MR) is 60.8 cm³/mol. The van der Waals surface area contributed by atoms with E-state index in [1.807, 2.05) is 18.2 Å². The fraction of sp³-hybridized carbons (Fsp3) is 0.417. The van der Waals surface area contributed by atoms with Gasteiger partial charge in [0.1, 0.15) is 12.4 Å². The van der Waals surface area contributed by atoms with Gasteiger partial charge in [-0.2, -0.15) is 0 Å². The molecule has 0 fully saturated rings. The van der Waals surface area contributed by atoms with E-state index in [0.29, 0.717) is 12.6 Å². The maximum absolute atomic E-state index is 5.16. The first kappa shape index (κ1) is 10.2. The Hall–Kier alpha value is -1.35. The van der Waals surface area contributed by atoms with Crippen molar-refractivity contribution in [1.29, 1.82) is 0 Å². The minimum Gasteiger partial charge on any atom is -0.377 e. The molecule has 15 heavy (non-hydrogen) atoms. The number of fused-ring (bicyclic) bond motifs is 1. The number of nitrogens with zero attached hydrogens (tertiary/aromatic N) is 2. The molecular formula is C12H16N2O. The molecule has 0 saturated carbocycles. The van der Waals surface area contributed by atoms with Crippen LogP contribution < -0.4 is 0 Å². The maximum Gasteiger partial charge on any atom is 0.136 e. The van der Waals surface area contributed by atoms with Crippen molar-refractivity contribution in [3.8, 4) is 0 Å². The van der Waals surface area contributed by atoms with E-state index in [2.05, 4.69) is 29.5 Å². The molecule has 0 aliphatic carbocycles. The highest BCUT2D eigenvalue weighted by molar-refractivity contribution is 5.76. The smallest absolute Gasteiger partial charge is 0.136 e. The number of hydrogen-bond donors (Lipinski definition) is 0. The van der Waals surface area contributed by atoms with Crippen molar-refractivity contribution in [3.63, 3.8) is 0 Å². The zero-order valence-corrected chi connectivity index (χ0v) is 9.40. The number of para-hydroxylation sites is 2. The first-order chi connectivity index (χ1) is 7.24. The van der Waals surface area contributed by atoms with Gasteiger partial charge in [0.2, 0.25) is 0 Å². The first-order valence-electron chi connectivity index (χ1n) is 5.19. The molecule has 0 N–H and O–H groups in total. The third-order valence-electron chi connectivity index (χ3n) is 2.46. The van der Waals surface area contributed by atoms with E-state index in [1.54, 1.807) is 7.11 Å². The van der Waals surface area contributed by atoms with Crippen molar-refractivity contribution in [1.82, 2.24) is 9.55 Å². The van der Waals surface area contributed by atoms with Crippen molar-refractivity contribution < 1.29 is 4.74 Å². The van der Waals surface area contributed by atoms with Crippen molar-refractivity contribution in [2.24, 2.45) is 0 Å². The lowest BCUT2D eigenvalue weighted by atomic mass is 10.3. The molecule has 3 nitrogen and oxygen atoms in total.